The van der Waals surface area contributed by atoms with E-state index in [0.29, 0.717) is 13.0 Å². The number of nitrogens with one attached hydrogen (secondary N) is 1. The van der Waals surface area contributed by atoms with E-state index < -0.39 is 6.04 Å². The van der Waals surface area contributed by atoms with Crippen molar-refractivity contribution in [2.24, 2.45) is 0 Å². The summed E-state index contributed by atoms with van der Waals surface area (Å²) in [4.78, 5) is 30.8. The van der Waals surface area contributed by atoms with Gasteiger partial charge in [-0.15, -0.1) is 22.7 Å². The Balaban J connectivity index is 1.65. The summed E-state index contributed by atoms with van der Waals surface area (Å²) in [5.41, 5.74) is 0.851. The van der Waals surface area contributed by atoms with Crippen molar-refractivity contribution in [3.63, 3.8) is 0 Å². The van der Waals surface area contributed by atoms with Gasteiger partial charge in [-0.1, -0.05) is 55.3 Å². The lowest BCUT2D eigenvalue weighted by Crippen LogP contribution is -2.46. The van der Waals surface area contributed by atoms with Gasteiger partial charge < -0.3 is 10.2 Å². The molecule has 156 valence electrons. The average molecular weight is 439 g/mol. The maximum absolute atomic E-state index is 13.5. The quantitative estimate of drug-likeness (QED) is 0.527. The third-order valence-electron chi connectivity index (χ3n) is 5.51. The molecule has 1 N–H and O–H groups in total. The second kappa shape index (κ2) is 10.0. The number of nitrogens with zero attached hydrogens (tertiary/aromatic N) is 1. The van der Waals surface area contributed by atoms with Gasteiger partial charge in [-0.2, -0.15) is 0 Å². The first-order chi connectivity index (χ1) is 14.7. The predicted molar refractivity (Wildman–Crippen MR) is 122 cm³/mol. The van der Waals surface area contributed by atoms with Crippen LogP contribution in [0.3, 0.4) is 0 Å². The first-order valence-corrected chi connectivity index (χ1v) is 12.2. The van der Waals surface area contributed by atoms with Crippen LogP contribution in [0.2, 0.25) is 0 Å². The first kappa shape index (κ1) is 20.8. The van der Waals surface area contributed by atoms with Gasteiger partial charge in [0.05, 0.1) is 13.0 Å². The second-order valence-corrected chi connectivity index (χ2v) is 9.72. The number of carbonyl (C=O) groups excluding carboxylic acids is 2. The van der Waals surface area contributed by atoms with Crippen LogP contribution >= 0.6 is 22.7 Å². The van der Waals surface area contributed by atoms with E-state index >= 15 is 0 Å². The highest BCUT2D eigenvalue weighted by molar-refractivity contribution is 7.10. The van der Waals surface area contributed by atoms with E-state index in [1.165, 1.54) is 0 Å². The summed E-state index contributed by atoms with van der Waals surface area (Å²) >= 11 is 3.18. The van der Waals surface area contributed by atoms with Gasteiger partial charge in [-0.3, -0.25) is 9.59 Å². The molecule has 1 aliphatic carbocycles. The van der Waals surface area contributed by atoms with Crippen molar-refractivity contribution >= 4 is 34.5 Å². The largest absolute Gasteiger partial charge is 0.351 e. The minimum atomic E-state index is -0.638. The van der Waals surface area contributed by atoms with Crippen LogP contribution in [-0.2, 0) is 22.6 Å². The van der Waals surface area contributed by atoms with E-state index in [0.717, 1.165) is 41.0 Å². The van der Waals surface area contributed by atoms with Crippen molar-refractivity contribution in [3.8, 4) is 0 Å². The molecule has 2 aromatic heterocycles. The lowest BCUT2D eigenvalue weighted by molar-refractivity contribution is -0.141. The predicted octanol–water partition coefficient (Wildman–Crippen LogP) is 5.18. The zero-order valence-corrected chi connectivity index (χ0v) is 18.5. The number of benzene rings is 1. The molecule has 0 spiro atoms. The van der Waals surface area contributed by atoms with E-state index in [4.69, 9.17) is 0 Å². The van der Waals surface area contributed by atoms with Gasteiger partial charge in [0.1, 0.15) is 6.04 Å². The monoisotopic (exact) mass is 438 g/mol. The van der Waals surface area contributed by atoms with Gasteiger partial charge in [-0.05, 0) is 41.3 Å². The number of hydrogen-bond donors (Lipinski definition) is 1. The van der Waals surface area contributed by atoms with Crippen LogP contribution < -0.4 is 5.32 Å². The molecule has 0 radical (unpaired) electrons. The zero-order valence-electron chi connectivity index (χ0n) is 16.8. The summed E-state index contributed by atoms with van der Waals surface area (Å²) in [5.74, 6) is -0.106. The Hall–Kier alpha value is -2.44. The topological polar surface area (TPSA) is 49.4 Å². The molecule has 4 nitrogen and oxygen atoms in total. The molecule has 1 saturated carbocycles. The fraction of sp³-hybridized carbons (Fsp3) is 0.333. The van der Waals surface area contributed by atoms with E-state index in [-0.39, 0.29) is 17.9 Å². The summed E-state index contributed by atoms with van der Waals surface area (Å²) in [7, 11) is 0. The third kappa shape index (κ3) is 5.18. The van der Waals surface area contributed by atoms with Crippen LogP contribution in [0.4, 0.5) is 0 Å². The number of thiophene rings is 2. The van der Waals surface area contributed by atoms with E-state index in [2.05, 4.69) is 5.32 Å². The van der Waals surface area contributed by atoms with E-state index in [9.17, 15) is 9.59 Å². The molecular weight excluding hydrogens is 412 g/mol. The molecule has 1 fully saturated rings. The van der Waals surface area contributed by atoms with E-state index in [1.807, 2.05) is 65.4 Å². The van der Waals surface area contributed by atoms with Gasteiger partial charge in [0.2, 0.25) is 11.8 Å². The minimum Gasteiger partial charge on any atom is -0.351 e. The number of carbonyl (C=O) groups is 2. The van der Waals surface area contributed by atoms with Gasteiger partial charge in [-0.25, -0.2) is 0 Å². The summed E-state index contributed by atoms with van der Waals surface area (Å²) in [6, 6.07) is 17.2. The SMILES string of the molecule is O=C(NC1CCCC1)C(c1ccccc1)N(Cc1cccs1)C(=O)Cc1cccs1. The maximum Gasteiger partial charge on any atom is 0.247 e. The Morgan fingerprint density at radius 3 is 2.23 bits per heavy atom. The Kier molecular flexibility index (Phi) is 6.97. The molecule has 1 unspecified atom stereocenters. The molecule has 0 saturated heterocycles. The minimum absolute atomic E-state index is 0.0266. The Labute approximate surface area is 185 Å². The van der Waals surface area contributed by atoms with Crippen LogP contribution in [0, 0.1) is 0 Å². The molecule has 0 bridgehead atoms. The van der Waals surface area contributed by atoms with Crippen molar-refractivity contribution < 1.29 is 9.59 Å². The third-order valence-corrected chi connectivity index (χ3v) is 7.25. The zero-order chi connectivity index (χ0) is 20.8. The van der Waals surface area contributed by atoms with Gasteiger partial charge in [0.25, 0.3) is 0 Å². The van der Waals surface area contributed by atoms with Crippen LogP contribution in [0.5, 0.6) is 0 Å². The molecule has 4 rings (SSSR count). The van der Waals surface area contributed by atoms with Crippen molar-refractivity contribution in [2.75, 3.05) is 0 Å². The Bertz CT molecular complexity index is 933. The molecule has 30 heavy (non-hydrogen) atoms. The Morgan fingerprint density at radius 2 is 1.60 bits per heavy atom. The number of rotatable bonds is 8. The van der Waals surface area contributed by atoms with Gasteiger partial charge >= 0.3 is 0 Å². The fourth-order valence-electron chi connectivity index (χ4n) is 4.02. The maximum atomic E-state index is 13.5. The summed E-state index contributed by atoms with van der Waals surface area (Å²) in [6.45, 7) is 0.430. The lowest BCUT2D eigenvalue weighted by Gasteiger charge is -2.32. The summed E-state index contributed by atoms with van der Waals surface area (Å²) < 4.78 is 0. The fourth-order valence-corrected chi connectivity index (χ4v) is 5.41. The molecule has 6 heteroatoms. The highest BCUT2D eigenvalue weighted by Gasteiger charge is 2.33. The van der Waals surface area contributed by atoms with Crippen molar-refractivity contribution in [1.29, 1.82) is 0 Å². The molecule has 2 amide bonds. The second-order valence-electron chi connectivity index (χ2n) is 7.66. The van der Waals surface area contributed by atoms with Crippen molar-refractivity contribution in [3.05, 3.63) is 80.7 Å². The molecule has 2 heterocycles. The number of amides is 2. The molecule has 1 aliphatic rings. The first-order valence-electron chi connectivity index (χ1n) is 10.4. The normalized spacial score (nSPS) is 15.1. The van der Waals surface area contributed by atoms with Gasteiger partial charge in [0.15, 0.2) is 0 Å². The standard InChI is InChI=1S/C24H26N2O2S2/c27-22(16-20-12-6-14-29-20)26(17-21-13-7-15-30-21)23(18-8-2-1-3-9-18)24(28)25-19-10-4-5-11-19/h1-3,6-9,12-15,19,23H,4-5,10-11,16-17H2,(H,25,28). The van der Waals surface area contributed by atoms with Crippen LogP contribution in [0.15, 0.2) is 65.4 Å². The van der Waals surface area contributed by atoms with E-state index in [1.54, 1.807) is 27.6 Å². The molecule has 1 atom stereocenters. The van der Waals surface area contributed by atoms with Crippen molar-refractivity contribution in [2.45, 2.75) is 50.7 Å². The summed E-state index contributed by atoms with van der Waals surface area (Å²) in [6.07, 6.45) is 4.64. The molecule has 0 aliphatic heterocycles. The Morgan fingerprint density at radius 1 is 0.933 bits per heavy atom. The highest BCUT2D eigenvalue weighted by Crippen LogP contribution is 2.28. The molecule has 1 aromatic carbocycles. The van der Waals surface area contributed by atoms with Crippen molar-refractivity contribution in [1.82, 2.24) is 10.2 Å². The van der Waals surface area contributed by atoms with Crippen LogP contribution in [0.1, 0.15) is 47.0 Å². The summed E-state index contributed by atoms with van der Waals surface area (Å²) in [5, 5.41) is 7.21. The average Bonchev–Trinajstić information content (AvgIpc) is 3.52. The van der Waals surface area contributed by atoms with Crippen LogP contribution in [0.25, 0.3) is 0 Å². The van der Waals surface area contributed by atoms with Crippen LogP contribution in [-0.4, -0.2) is 22.8 Å². The smallest absolute Gasteiger partial charge is 0.247 e. The molecule has 3 aromatic rings. The van der Waals surface area contributed by atoms with Gasteiger partial charge in [0, 0.05) is 15.8 Å². The highest BCUT2D eigenvalue weighted by atomic mass is 32.1. The molecular formula is C24H26N2O2S2. The lowest BCUT2D eigenvalue weighted by atomic mass is 10.0. The number of hydrogen-bond acceptors (Lipinski definition) is 4.